The van der Waals surface area contributed by atoms with Crippen LogP contribution in [0, 0.1) is 0 Å². The number of carbonyl (C=O) groups excluding carboxylic acids is 1. The lowest BCUT2D eigenvalue weighted by Gasteiger charge is -2.07. The zero-order chi connectivity index (χ0) is 12.0. The highest BCUT2D eigenvalue weighted by Crippen LogP contribution is 2.25. The van der Waals surface area contributed by atoms with Crippen LogP contribution in [0.5, 0.6) is 0 Å². The van der Waals surface area contributed by atoms with E-state index in [4.69, 9.17) is 17.3 Å². The fraction of sp³-hybridized carbons (Fsp3) is 0.364. The Kier molecular flexibility index (Phi) is 5.80. The van der Waals surface area contributed by atoms with Crippen molar-refractivity contribution in [2.75, 3.05) is 11.9 Å². The first-order valence-corrected chi connectivity index (χ1v) is 6.25. The molecular weight excluding hydrogens is 291 g/mol. The molecule has 16 heavy (non-hydrogen) atoms. The van der Waals surface area contributed by atoms with Crippen LogP contribution in [-0.4, -0.2) is 12.5 Å². The zero-order valence-electron chi connectivity index (χ0n) is 8.80. The molecule has 1 aromatic carbocycles. The number of carbonyl (C=O) groups is 1. The maximum absolute atomic E-state index is 11.5. The van der Waals surface area contributed by atoms with Gasteiger partial charge in [-0.3, -0.25) is 4.79 Å². The second kappa shape index (κ2) is 6.89. The number of rotatable bonds is 5. The van der Waals surface area contributed by atoms with E-state index < -0.39 is 0 Å². The van der Waals surface area contributed by atoms with Crippen molar-refractivity contribution in [2.45, 2.75) is 19.3 Å². The Morgan fingerprint density at radius 1 is 1.44 bits per heavy atom. The van der Waals surface area contributed by atoms with Crippen molar-refractivity contribution in [2.24, 2.45) is 5.73 Å². The van der Waals surface area contributed by atoms with E-state index in [2.05, 4.69) is 21.2 Å². The molecule has 5 heteroatoms. The topological polar surface area (TPSA) is 55.1 Å². The van der Waals surface area contributed by atoms with Crippen LogP contribution in [0.1, 0.15) is 19.3 Å². The summed E-state index contributed by atoms with van der Waals surface area (Å²) >= 11 is 9.27. The minimum atomic E-state index is -0.0338. The summed E-state index contributed by atoms with van der Waals surface area (Å²) in [7, 11) is 0. The number of hydrogen-bond donors (Lipinski definition) is 2. The van der Waals surface area contributed by atoms with Gasteiger partial charge in [0.05, 0.1) is 10.7 Å². The molecule has 0 spiro atoms. The molecule has 0 aliphatic heterocycles. The number of anilines is 1. The van der Waals surface area contributed by atoms with Crippen LogP contribution in [0.15, 0.2) is 22.7 Å². The third-order valence-corrected chi connectivity index (χ3v) is 2.88. The van der Waals surface area contributed by atoms with Gasteiger partial charge in [0.2, 0.25) is 5.91 Å². The summed E-state index contributed by atoms with van der Waals surface area (Å²) in [5.41, 5.74) is 5.99. The molecule has 3 N–H and O–H groups in total. The normalized spacial score (nSPS) is 10.2. The second-order valence-electron chi connectivity index (χ2n) is 3.42. The Hall–Kier alpha value is -0.580. The number of amides is 1. The first kappa shape index (κ1) is 13.5. The maximum atomic E-state index is 11.5. The molecule has 0 fully saturated rings. The van der Waals surface area contributed by atoms with Crippen LogP contribution in [0.2, 0.25) is 5.02 Å². The number of nitrogens with one attached hydrogen (secondary N) is 1. The molecule has 88 valence electrons. The SMILES string of the molecule is NCCCCC(=O)Nc1cc(Br)ccc1Cl. The minimum absolute atomic E-state index is 0.0338. The first-order valence-electron chi connectivity index (χ1n) is 5.08. The minimum Gasteiger partial charge on any atom is -0.330 e. The third kappa shape index (κ3) is 4.51. The van der Waals surface area contributed by atoms with Crippen molar-refractivity contribution in [1.82, 2.24) is 0 Å². The van der Waals surface area contributed by atoms with Crippen molar-refractivity contribution in [1.29, 1.82) is 0 Å². The number of benzene rings is 1. The van der Waals surface area contributed by atoms with Crippen molar-refractivity contribution in [3.05, 3.63) is 27.7 Å². The molecule has 0 bridgehead atoms. The quantitative estimate of drug-likeness (QED) is 0.821. The van der Waals surface area contributed by atoms with Gasteiger partial charge in [0.25, 0.3) is 0 Å². The van der Waals surface area contributed by atoms with Crippen LogP contribution in [0.3, 0.4) is 0 Å². The second-order valence-corrected chi connectivity index (χ2v) is 4.74. The van der Waals surface area contributed by atoms with E-state index in [0.29, 0.717) is 23.7 Å². The van der Waals surface area contributed by atoms with Crippen LogP contribution in [0.25, 0.3) is 0 Å². The third-order valence-electron chi connectivity index (χ3n) is 2.06. The summed E-state index contributed by atoms with van der Waals surface area (Å²) in [5, 5.41) is 3.31. The number of hydrogen-bond acceptors (Lipinski definition) is 2. The Labute approximate surface area is 108 Å². The van der Waals surface area contributed by atoms with Gasteiger partial charge in [-0.05, 0) is 37.6 Å². The Bertz CT molecular complexity index is 371. The van der Waals surface area contributed by atoms with Crippen LogP contribution >= 0.6 is 27.5 Å². The number of halogens is 2. The van der Waals surface area contributed by atoms with Gasteiger partial charge in [0.15, 0.2) is 0 Å². The molecule has 0 aliphatic carbocycles. The molecule has 0 atom stereocenters. The molecule has 1 rings (SSSR count). The molecule has 1 aromatic rings. The van der Waals surface area contributed by atoms with Gasteiger partial charge in [0, 0.05) is 10.9 Å². The summed E-state index contributed by atoms with van der Waals surface area (Å²) in [6.07, 6.45) is 2.13. The molecule has 0 heterocycles. The Morgan fingerprint density at radius 3 is 2.88 bits per heavy atom. The van der Waals surface area contributed by atoms with Gasteiger partial charge in [-0.25, -0.2) is 0 Å². The summed E-state index contributed by atoms with van der Waals surface area (Å²) in [6.45, 7) is 0.616. The molecule has 3 nitrogen and oxygen atoms in total. The van der Waals surface area contributed by atoms with Crippen LogP contribution < -0.4 is 11.1 Å². The molecular formula is C11H14BrClN2O. The predicted octanol–water partition coefficient (Wildman–Crippen LogP) is 3.17. The van der Waals surface area contributed by atoms with Gasteiger partial charge >= 0.3 is 0 Å². The lowest BCUT2D eigenvalue weighted by molar-refractivity contribution is -0.116. The molecule has 0 saturated carbocycles. The van der Waals surface area contributed by atoms with Crippen molar-refractivity contribution in [3.8, 4) is 0 Å². The van der Waals surface area contributed by atoms with Crippen LogP contribution in [0.4, 0.5) is 5.69 Å². The molecule has 1 amide bonds. The van der Waals surface area contributed by atoms with Gasteiger partial charge in [-0.1, -0.05) is 27.5 Å². The summed E-state index contributed by atoms with van der Waals surface area (Å²) in [6, 6.07) is 5.34. The zero-order valence-corrected chi connectivity index (χ0v) is 11.1. The fourth-order valence-electron chi connectivity index (χ4n) is 1.24. The van der Waals surface area contributed by atoms with Crippen molar-refractivity contribution >= 4 is 39.1 Å². The largest absolute Gasteiger partial charge is 0.330 e. The lowest BCUT2D eigenvalue weighted by Crippen LogP contribution is -2.12. The van der Waals surface area contributed by atoms with E-state index in [9.17, 15) is 4.79 Å². The number of nitrogens with two attached hydrogens (primary N) is 1. The van der Waals surface area contributed by atoms with E-state index in [0.717, 1.165) is 17.3 Å². The summed E-state index contributed by atoms with van der Waals surface area (Å²) in [5.74, 6) is -0.0338. The highest BCUT2D eigenvalue weighted by atomic mass is 79.9. The molecule has 0 unspecified atom stereocenters. The molecule has 0 aliphatic rings. The van der Waals surface area contributed by atoms with Crippen molar-refractivity contribution in [3.63, 3.8) is 0 Å². The van der Waals surface area contributed by atoms with E-state index in [1.54, 1.807) is 12.1 Å². The molecule has 0 radical (unpaired) electrons. The highest BCUT2D eigenvalue weighted by Gasteiger charge is 2.05. The van der Waals surface area contributed by atoms with E-state index in [1.165, 1.54) is 0 Å². The predicted molar refractivity (Wildman–Crippen MR) is 70.7 cm³/mol. The Morgan fingerprint density at radius 2 is 2.19 bits per heavy atom. The van der Waals surface area contributed by atoms with E-state index in [-0.39, 0.29) is 5.91 Å². The van der Waals surface area contributed by atoms with Gasteiger partial charge in [0.1, 0.15) is 0 Å². The maximum Gasteiger partial charge on any atom is 0.224 e. The fourth-order valence-corrected chi connectivity index (χ4v) is 1.76. The van der Waals surface area contributed by atoms with Crippen molar-refractivity contribution < 1.29 is 4.79 Å². The van der Waals surface area contributed by atoms with Gasteiger partial charge < -0.3 is 11.1 Å². The summed E-state index contributed by atoms with van der Waals surface area (Å²) in [4.78, 5) is 11.5. The van der Waals surface area contributed by atoms with E-state index >= 15 is 0 Å². The smallest absolute Gasteiger partial charge is 0.224 e. The lowest BCUT2D eigenvalue weighted by atomic mass is 10.2. The standard InChI is InChI=1S/C11H14BrClN2O/c12-8-4-5-9(13)10(7-8)15-11(16)3-1-2-6-14/h4-5,7H,1-3,6,14H2,(H,15,16). The summed E-state index contributed by atoms with van der Waals surface area (Å²) < 4.78 is 0.883. The molecule has 0 saturated heterocycles. The van der Waals surface area contributed by atoms with Gasteiger partial charge in [-0.15, -0.1) is 0 Å². The average Bonchev–Trinajstić information content (AvgIpc) is 2.24. The first-order chi connectivity index (χ1) is 7.63. The highest BCUT2D eigenvalue weighted by molar-refractivity contribution is 9.10. The Balaban J connectivity index is 2.52. The van der Waals surface area contributed by atoms with Gasteiger partial charge in [-0.2, -0.15) is 0 Å². The monoisotopic (exact) mass is 304 g/mol. The molecule has 0 aromatic heterocycles. The van der Waals surface area contributed by atoms with Crippen LogP contribution in [-0.2, 0) is 4.79 Å². The number of unbranched alkanes of at least 4 members (excludes halogenated alkanes) is 1. The van der Waals surface area contributed by atoms with E-state index in [1.807, 2.05) is 6.07 Å². The average molecular weight is 306 g/mol.